The summed E-state index contributed by atoms with van der Waals surface area (Å²) >= 11 is 0. The standard InChI is InChI=1S/C24H29NO7/c1-12-8-17(16-5-4-15-6-7-25-23(30)18(15)10-16)9-13(2)22(12)32-24(31)21(29)20(28)19(27)14(3)11-26/h4-10,14,19-21,24,26-29,31H,11H2,1-3H3,(H,25,30). The Morgan fingerprint density at radius 2 is 1.56 bits per heavy atom. The van der Waals surface area contributed by atoms with Gasteiger partial charge < -0.3 is 35.3 Å². The predicted molar refractivity (Wildman–Crippen MR) is 120 cm³/mol. The summed E-state index contributed by atoms with van der Waals surface area (Å²) in [6.45, 7) is 4.67. The first-order valence-corrected chi connectivity index (χ1v) is 10.4. The van der Waals surface area contributed by atoms with Crippen LogP contribution in [0.25, 0.3) is 21.9 Å². The van der Waals surface area contributed by atoms with Crippen LogP contribution in [0.2, 0.25) is 0 Å². The molecule has 0 amide bonds. The average molecular weight is 443 g/mol. The Bertz CT molecular complexity index is 1120. The van der Waals surface area contributed by atoms with E-state index in [0.717, 1.165) is 16.5 Å². The van der Waals surface area contributed by atoms with Crippen molar-refractivity contribution >= 4 is 10.8 Å². The second-order valence-electron chi connectivity index (χ2n) is 8.19. The molecule has 0 aliphatic carbocycles. The van der Waals surface area contributed by atoms with Crippen LogP contribution in [0.4, 0.5) is 0 Å². The highest BCUT2D eigenvalue weighted by Gasteiger charge is 2.34. The van der Waals surface area contributed by atoms with Gasteiger partial charge in [0.15, 0.2) is 0 Å². The minimum Gasteiger partial charge on any atom is -0.462 e. The van der Waals surface area contributed by atoms with Crippen molar-refractivity contribution in [2.24, 2.45) is 5.92 Å². The number of ether oxygens (including phenoxy) is 1. The molecule has 0 saturated heterocycles. The fraction of sp³-hybridized carbons (Fsp3) is 0.375. The number of aromatic nitrogens is 1. The summed E-state index contributed by atoms with van der Waals surface area (Å²) in [4.78, 5) is 14.8. The van der Waals surface area contributed by atoms with Crippen molar-refractivity contribution in [3.63, 3.8) is 0 Å². The van der Waals surface area contributed by atoms with E-state index in [-0.39, 0.29) is 12.2 Å². The highest BCUT2D eigenvalue weighted by Crippen LogP contribution is 2.32. The number of aromatic amines is 1. The van der Waals surface area contributed by atoms with Crippen molar-refractivity contribution in [3.8, 4) is 16.9 Å². The summed E-state index contributed by atoms with van der Waals surface area (Å²) in [6, 6.07) is 11.1. The summed E-state index contributed by atoms with van der Waals surface area (Å²) in [6.07, 6.45) is -5.13. The number of fused-ring (bicyclic) bond motifs is 1. The molecule has 8 heteroatoms. The van der Waals surface area contributed by atoms with Crippen LogP contribution in [0.15, 0.2) is 47.4 Å². The van der Waals surface area contributed by atoms with Gasteiger partial charge in [-0.05, 0) is 65.8 Å². The summed E-state index contributed by atoms with van der Waals surface area (Å²) in [5.41, 5.74) is 2.86. The Labute approximate surface area is 185 Å². The highest BCUT2D eigenvalue weighted by atomic mass is 16.6. The molecule has 1 aromatic heterocycles. The minimum absolute atomic E-state index is 0.175. The summed E-state index contributed by atoms with van der Waals surface area (Å²) in [7, 11) is 0. The minimum atomic E-state index is -1.80. The van der Waals surface area contributed by atoms with E-state index in [1.54, 1.807) is 20.0 Å². The number of aryl methyl sites for hydroxylation is 2. The molecule has 3 rings (SSSR count). The van der Waals surface area contributed by atoms with Crippen LogP contribution >= 0.6 is 0 Å². The van der Waals surface area contributed by atoms with Crippen LogP contribution in [0, 0.1) is 19.8 Å². The topological polar surface area (TPSA) is 143 Å². The van der Waals surface area contributed by atoms with E-state index in [0.29, 0.717) is 22.3 Å². The summed E-state index contributed by atoms with van der Waals surface area (Å²) in [5.74, 6) is -0.361. The monoisotopic (exact) mass is 443 g/mol. The van der Waals surface area contributed by atoms with E-state index in [1.165, 1.54) is 6.92 Å². The molecule has 1 heterocycles. The Hall–Kier alpha value is -2.75. The largest absolute Gasteiger partial charge is 0.462 e. The number of benzene rings is 2. The van der Waals surface area contributed by atoms with Gasteiger partial charge in [-0.1, -0.05) is 19.1 Å². The predicted octanol–water partition coefficient (Wildman–Crippen LogP) is 1.22. The lowest BCUT2D eigenvalue weighted by atomic mass is 9.96. The fourth-order valence-electron chi connectivity index (χ4n) is 3.67. The molecule has 0 saturated carbocycles. The number of hydrogen-bond donors (Lipinski definition) is 6. The van der Waals surface area contributed by atoms with Crippen molar-refractivity contribution in [2.45, 2.75) is 45.4 Å². The third kappa shape index (κ3) is 4.85. The maximum Gasteiger partial charge on any atom is 0.255 e. The van der Waals surface area contributed by atoms with Gasteiger partial charge in [-0.25, -0.2) is 0 Å². The maximum atomic E-state index is 12.1. The quantitative estimate of drug-likeness (QED) is 0.287. The molecule has 0 spiro atoms. The molecule has 0 bridgehead atoms. The third-order valence-electron chi connectivity index (χ3n) is 5.67. The van der Waals surface area contributed by atoms with Gasteiger partial charge in [0, 0.05) is 24.1 Å². The average Bonchev–Trinajstić information content (AvgIpc) is 2.79. The molecule has 0 radical (unpaired) electrons. The maximum absolute atomic E-state index is 12.1. The van der Waals surface area contributed by atoms with Gasteiger partial charge in [0.1, 0.15) is 18.0 Å². The second kappa shape index (κ2) is 9.81. The van der Waals surface area contributed by atoms with E-state index < -0.39 is 30.5 Å². The Morgan fingerprint density at radius 1 is 0.906 bits per heavy atom. The third-order valence-corrected chi connectivity index (χ3v) is 5.67. The zero-order valence-electron chi connectivity index (χ0n) is 18.2. The van der Waals surface area contributed by atoms with Crippen LogP contribution < -0.4 is 10.3 Å². The van der Waals surface area contributed by atoms with E-state index in [1.807, 2.05) is 36.4 Å². The number of aliphatic hydroxyl groups excluding tert-OH is 5. The van der Waals surface area contributed by atoms with Crippen molar-refractivity contribution in [1.29, 1.82) is 0 Å². The number of H-pyrrole nitrogens is 1. The molecule has 8 nitrogen and oxygen atoms in total. The van der Waals surface area contributed by atoms with Crippen molar-refractivity contribution in [1.82, 2.24) is 4.98 Å². The molecule has 3 aromatic rings. The molecule has 32 heavy (non-hydrogen) atoms. The number of rotatable bonds is 8. The molecule has 0 aliphatic rings. The molecule has 0 aliphatic heterocycles. The van der Waals surface area contributed by atoms with Crippen molar-refractivity contribution in [3.05, 3.63) is 64.1 Å². The zero-order chi connectivity index (χ0) is 23.6. The molecule has 172 valence electrons. The van der Waals surface area contributed by atoms with Crippen LogP contribution in [-0.2, 0) is 0 Å². The van der Waals surface area contributed by atoms with Crippen molar-refractivity contribution < 1.29 is 30.3 Å². The van der Waals surface area contributed by atoms with E-state index in [2.05, 4.69) is 4.98 Å². The lowest BCUT2D eigenvalue weighted by molar-refractivity contribution is -0.173. The van der Waals surface area contributed by atoms with Crippen LogP contribution in [0.3, 0.4) is 0 Å². The van der Waals surface area contributed by atoms with Gasteiger partial charge in [0.2, 0.25) is 6.29 Å². The molecule has 5 unspecified atom stereocenters. The molecule has 0 fully saturated rings. The van der Waals surface area contributed by atoms with Crippen LogP contribution in [0.1, 0.15) is 18.1 Å². The van der Waals surface area contributed by atoms with Crippen LogP contribution in [-0.4, -0.2) is 61.7 Å². The van der Waals surface area contributed by atoms with E-state index >= 15 is 0 Å². The van der Waals surface area contributed by atoms with Gasteiger partial charge in [0.05, 0.1) is 6.10 Å². The van der Waals surface area contributed by atoms with Gasteiger partial charge in [-0.3, -0.25) is 4.79 Å². The molecule has 5 atom stereocenters. The fourth-order valence-corrected chi connectivity index (χ4v) is 3.67. The van der Waals surface area contributed by atoms with E-state index in [4.69, 9.17) is 9.84 Å². The first-order chi connectivity index (χ1) is 15.1. The normalized spacial score (nSPS) is 16.4. The highest BCUT2D eigenvalue weighted by molar-refractivity contribution is 5.86. The second-order valence-corrected chi connectivity index (χ2v) is 8.19. The van der Waals surface area contributed by atoms with Gasteiger partial charge >= 0.3 is 0 Å². The first-order valence-electron chi connectivity index (χ1n) is 10.4. The van der Waals surface area contributed by atoms with Gasteiger partial charge in [-0.15, -0.1) is 0 Å². The van der Waals surface area contributed by atoms with Crippen LogP contribution in [0.5, 0.6) is 5.75 Å². The lowest BCUT2D eigenvalue weighted by Crippen LogP contribution is -2.49. The molecule has 2 aromatic carbocycles. The summed E-state index contributed by atoms with van der Waals surface area (Å²) in [5, 5.41) is 51.1. The SMILES string of the molecule is Cc1cc(-c2ccc3cc[nH]c(=O)c3c2)cc(C)c1OC(O)C(O)C(O)C(O)C(C)CO. The molecular weight excluding hydrogens is 414 g/mol. The number of hydrogen-bond acceptors (Lipinski definition) is 7. The Morgan fingerprint density at radius 3 is 2.19 bits per heavy atom. The summed E-state index contributed by atoms with van der Waals surface area (Å²) < 4.78 is 5.52. The molecular formula is C24H29NO7. The van der Waals surface area contributed by atoms with Gasteiger partial charge in [0.25, 0.3) is 5.56 Å². The van der Waals surface area contributed by atoms with Crippen molar-refractivity contribution in [2.75, 3.05) is 6.61 Å². The first kappa shape index (κ1) is 23.9. The number of aliphatic hydroxyl groups is 5. The molecule has 6 N–H and O–H groups in total. The zero-order valence-corrected chi connectivity index (χ0v) is 18.2. The van der Waals surface area contributed by atoms with Gasteiger partial charge in [-0.2, -0.15) is 0 Å². The Balaban J connectivity index is 1.85. The smallest absolute Gasteiger partial charge is 0.255 e. The lowest BCUT2D eigenvalue weighted by Gasteiger charge is -2.29. The number of nitrogens with one attached hydrogen (secondary N) is 1. The number of pyridine rings is 1. The van der Waals surface area contributed by atoms with E-state index in [9.17, 15) is 25.2 Å². The Kier molecular flexibility index (Phi) is 7.33.